The van der Waals surface area contributed by atoms with Crippen LogP contribution in [0.1, 0.15) is 87.8 Å². The summed E-state index contributed by atoms with van der Waals surface area (Å²) >= 11 is 1.10. The first-order valence-electron chi connectivity index (χ1n) is 12.3. The average Bonchev–Trinajstić information content (AvgIpc) is 3.30. The molecule has 0 saturated carbocycles. The molecular weight excluding hydrogens is 454 g/mol. The van der Waals surface area contributed by atoms with Crippen LogP contribution in [0.5, 0.6) is 0 Å². The Labute approximate surface area is 207 Å². The van der Waals surface area contributed by atoms with Crippen LogP contribution >= 0.6 is 11.3 Å². The molecule has 0 bridgehead atoms. The number of carboxylic acids is 1. The molecule has 0 radical (unpaired) electrons. The molecular formula is C25H41N3O5S. The number of aliphatic hydroxyl groups excluding tert-OH is 1. The second-order valence-electron chi connectivity index (χ2n) is 10.0. The second-order valence-corrected chi connectivity index (χ2v) is 10.9. The molecule has 1 amide bonds. The van der Waals surface area contributed by atoms with Crippen LogP contribution in [-0.4, -0.2) is 75.4 Å². The number of aromatic carboxylic acids is 1. The van der Waals surface area contributed by atoms with Crippen LogP contribution in [0.2, 0.25) is 0 Å². The fraction of sp³-hybridized carbons (Fsp3) is 0.760. The molecule has 0 spiro atoms. The van der Waals surface area contributed by atoms with Gasteiger partial charge in [-0.1, -0.05) is 40.5 Å². The van der Waals surface area contributed by atoms with Crippen molar-refractivity contribution in [3.05, 3.63) is 16.1 Å². The predicted molar refractivity (Wildman–Crippen MR) is 133 cm³/mol. The minimum absolute atomic E-state index is 0.0558. The van der Waals surface area contributed by atoms with Crippen LogP contribution in [0, 0.1) is 17.8 Å². The van der Waals surface area contributed by atoms with E-state index in [-0.39, 0.29) is 54.1 Å². The summed E-state index contributed by atoms with van der Waals surface area (Å²) in [5, 5.41) is 21.6. The normalized spacial score (nSPS) is 20.5. The molecule has 0 aliphatic carbocycles. The minimum Gasteiger partial charge on any atom is -0.476 e. The zero-order valence-corrected chi connectivity index (χ0v) is 22.2. The number of likely N-dealkylation sites (tertiary alicyclic amines) is 1. The lowest BCUT2D eigenvalue weighted by atomic mass is 9.83. The summed E-state index contributed by atoms with van der Waals surface area (Å²) in [5.41, 5.74) is -0.0902. The summed E-state index contributed by atoms with van der Waals surface area (Å²) < 4.78 is 0. The Kier molecular flexibility index (Phi) is 10.6. The summed E-state index contributed by atoms with van der Waals surface area (Å²) in [7, 11) is 3.73. The first-order chi connectivity index (χ1) is 16.0. The van der Waals surface area contributed by atoms with Crippen molar-refractivity contribution in [1.29, 1.82) is 0 Å². The number of likely N-dealkylation sites (N-methyl/N-ethyl adjacent to an activating group) is 1. The van der Waals surface area contributed by atoms with Gasteiger partial charge in [0.15, 0.2) is 11.5 Å². The number of ketones is 1. The van der Waals surface area contributed by atoms with Crippen LogP contribution in [0.15, 0.2) is 5.38 Å². The number of hydrogen-bond donors (Lipinski definition) is 2. The number of amides is 1. The highest BCUT2D eigenvalue weighted by atomic mass is 32.1. The molecule has 2 rings (SSSR count). The number of aromatic nitrogens is 1. The van der Waals surface area contributed by atoms with E-state index in [1.54, 1.807) is 11.9 Å². The molecule has 1 aromatic heterocycles. The summed E-state index contributed by atoms with van der Waals surface area (Å²) in [4.78, 5) is 45.8. The van der Waals surface area contributed by atoms with Gasteiger partial charge in [-0.25, -0.2) is 9.78 Å². The largest absolute Gasteiger partial charge is 0.476 e. The summed E-state index contributed by atoms with van der Waals surface area (Å²) in [5.74, 6) is -1.36. The number of carboxylic acid groups (broad SMARTS) is 1. The number of rotatable bonds is 12. The molecule has 0 unspecified atom stereocenters. The Bertz CT molecular complexity index is 842. The Balaban J connectivity index is 2.16. The quantitative estimate of drug-likeness (QED) is 0.453. The molecule has 0 aromatic carbocycles. The van der Waals surface area contributed by atoms with Crippen LogP contribution in [0.25, 0.3) is 0 Å². The zero-order valence-electron chi connectivity index (χ0n) is 21.4. The van der Waals surface area contributed by atoms with Crippen LogP contribution in [-0.2, 0) is 9.59 Å². The van der Waals surface area contributed by atoms with E-state index in [2.05, 4.69) is 9.88 Å². The van der Waals surface area contributed by atoms with Gasteiger partial charge in [-0.3, -0.25) is 14.5 Å². The van der Waals surface area contributed by atoms with E-state index < -0.39 is 18.0 Å². The Morgan fingerprint density at radius 1 is 1.26 bits per heavy atom. The molecule has 9 heteroatoms. The molecule has 1 aliphatic heterocycles. The SMILES string of the molecule is CC[C@H](C)[C@H](CC(=O)[C@H]1CCCCN1C)C(=O)N(C)[C@H](C[C@@H](O)c1nc(C(=O)O)cs1)C(C)C. The van der Waals surface area contributed by atoms with Gasteiger partial charge >= 0.3 is 5.97 Å². The Morgan fingerprint density at radius 3 is 2.47 bits per heavy atom. The van der Waals surface area contributed by atoms with E-state index in [1.807, 2.05) is 34.7 Å². The van der Waals surface area contributed by atoms with Gasteiger partial charge in [-0.15, -0.1) is 11.3 Å². The van der Waals surface area contributed by atoms with Crippen molar-refractivity contribution in [3.63, 3.8) is 0 Å². The van der Waals surface area contributed by atoms with Gasteiger partial charge in [0.25, 0.3) is 0 Å². The van der Waals surface area contributed by atoms with E-state index >= 15 is 0 Å². The molecule has 1 aromatic rings. The summed E-state index contributed by atoms with van der Waals surface area (Å²) in [6.45, 7) is 8.95. The number of carbonyl (C=O) groups excluding carboxylic acids is 2. The third kappa shape index (κ3) is 7.09. The lowest BCUT2D eigenvalue weighted by molar-refractivity contribution is -0.143. The van der Waals surface area contributed by atoms with Crippen LogP contribution in [0.3, 0.4) is 0 Å². The molecule has 1 fully saturated rings. The smallest absolute Gasteiger partial charge is 0.355 e. The Hall–Kier alpha value is -1.84. The lowest BCUT2D eigenvalue weighted by Crippen LogP contribution is -2.48. The summed E-state index contributed by atoms with van der Waals surface area (Å²) in [6.07, 6.45) is 3.29. The standard InChI is InChI=1S/C25H41N3O5S/c1-7-16(4)17(12-21(29)19-10-8-9-11-27(19)5)24(31)28(6)20(15(2)3)13-22(30)23-26-18(14-34-23)25(32)33/h14-17,19-20,22,30H,7-13H2,1-6H3,(H,32,33)/t16-,17-,19+,20+,22+/m0/s1. The fourth-order valence-electron chi connectivity index (χ4n) is 4.82. The molecule has 8 nitrogen and oxygen atoms in total. The van der Waals surface area contributed by atoms with Gasteiger partial charge in [0.05, 0.1) is 6.04 Å². The molecule has 5 atom stereocenters. The molecule has 1 aliphatic rings. The molecule has 1 saturated heterocycles. The first kappa shape index (κ1) is 28.4. The van der Waals surface area contributed by atoms with Crippen molar-refractivity contribution < 1.29 is 24.6 Å². The number of hydrogen-bond acceptors (Lipinski definition) is 7. The maximum absolute atomic E-state index is 13.7. The predicted octanol–water partition coefficient (Wildman–Crippen LogP) is 3.85. The van der Waals surface area contributed by atoms with Gasteiger partial charge in [0, 0.05) is 37.2 Å². The molecule has 34 heavy (non-hydrogen) atoms. The van der Waals surface area contributed by atoms with E-state index in [0.29, 0.717) is 5.01 Å². The van der Waals surface area contributed by atoms with E-state index in [0.717, 1.165) is 43.6 Å². The maximum atomic E-state index is 13.7. The zero-order chi connectivity index (χ0) is 25.6. The topological polar surface area (TPSA) is 111 Å². The number of nitrogens with zero attached hydrogens (tertiary/aromatic N) is 3. The third-order valence-corrected chi connectivity index (χ3v) is 8.26. The van der Waals surface area contributed by atoms with Gasteiger partial charge < -0.3 is 15.1 Å². The van der Waals surface area contributed by atoms with Gasteiger partial charge in [-0.05, 0) is 38.3 Å². The van der Waals surface area contributed by atoms with E-state index in [4.69, 9.17) is 5.11 Å². The second kappa shape index (κ2) is 12.7. The minimum atomic E-state index is -1.13. The van der Waals surface area contributed by atoms with Gasteiger partial charge in [0.2, 0.25) is 5.91 Å². The van der Waals surface area contributed by atoms with E-state index in [9.17, 15) is 19.5 Å². The number of thiazole rings is 1. The van der Waals surface area contributed by atoms with Crippen molar-refractivity contribution in [3.8, 4) is 0 Å². The lowest BCUT2D eigenvalue weighted by Gasteiger charge is -2.37. The highest BCUT2D eigenvalue weighted by Gasteiger charge is 2.36. The highest BCUT2D eigenvalue weighted by molar-refractivity contribution is 7.09. The molecule has 2 heterocycles. The van der Waals surface area contributed by atoms with Gasteiger partial charge in [-0.2, -0.15) is 0 Å². The molecule has 2 N–H and O–H groups in total. The van der Waals surface area contributed by atoms with Crippen LogP contribution in [0.4, 0.5) is 0 Å². The number of Topliss-reactive ketones (excluding diaryl/α,β-unsaturated/α-hetero) is 1. The number of aliphatic hydroxyl groups is 1. The monoisotopic (exact) mass is 495 g/mol. The van der Waals surface area contributed by atoms with Crippen LogP contribution < -0.4 is 0 Å². The average molecular weight is 496 g/mol. The van der Waals surface area contributed by atoms with Crippen molar-refractivity contribution in [2.45, 2.75) is 84.4 Å². The van der Waals surface area contributed by atoms with Crippen molar-refractivity contribution in [1.82, 2.24) is 14.8 Å². The van der Waals surface area contributed by atoms with Crippen molar-refractivity contribution in [2.75, 3.05) is 20.6 Å². The third-order valence-electron chi connectivity index (χ3n) is 7.32. The van der Waals surface area contributed by atoms with E-state index in [1.165, 1.54) is 5.38 Å². The van der Waals surface area contributed by atoms with Crippen molar-refractivity contribution in [2.24, 2.45) is 17.8 Å². The highest BCUT2D eigenvalue weighted by Crippen LogP contribution is 2.30. The van der Waals surface area contributed by atoms with Crippen molar-refractivity contribution >= 4 is 29.0 Å². The Morgan fingerprint density at radius 2 is 1.94 bits per heavy atom. The van der Waals surface area contributed by atoms with Gasteiger partial charge in [0.1, 0.15) is 11.1 Å². The summed E-state index contributed by atoms with van der Waals surface area (Å²) in [6, 6.07) is -0.395. The maximum Gasteiger partial charge on any atom is 0.355 e. The first-order valence-corrected chi connectivity index (χ1v) is 13.2. The fourth-order valence-corrected chi connectivity index (χ4v) is 5.61. The number of carbonyl (C=O) groups is 3. The number of piperidine rings is 1. The molecule has 192 valence electrons.